The topological polar surface area (TPSA) is 42.1 Å². The van der Waals surface area contributed by atoms with Gasteiger partial charge in [-0.3, -0.25) is 4.98 Å². The van der Waals surface area contributed by atoms with Crippen LogP contribution in [0.15, 0.2) is 18.3 Å². The predicted octanol–water partition coefficient (Wildman–Crippen LogP) is 2.09. The summed E-state index contributed by atoms with van der Waals surface area (Å²) in [5.41, 5.74) is 7.40. The Labute approximate surface area is 102 Å². The maximum Gasteiger partial charge on any atom is 0.122 e. The smallest absolute Gasteiger partial charge is 0.122 e. The molecule has 0 aromatic carbocycles. The Morgan fingerprint density at radius 3 is 2.88 bits per heavy atom. The number of hydrogen-bond donors (Lipinski definition) is 1. The molecule has 1 aromatic heterocycles. The zero-order valence-electron chi connectivity index (χ0n) is 9.52. The van der Waals surface area contributed by atoms with E-state index in [-0.39, 0.29) is 0 Å². The minimum absolute atomic E-state index is 0.359. The van der Waals surface area contributed by atoms with E-state index in [9.17, 15) is 0 Å². The molecule has 1 aromatic rings. The third-order valence-electron chi connectivity index (χ3n) is 3.13. The van der Waals surface area contributed by atoms with E-state index in [0.717, 1.165) is 6.54 Å². The summed E-state index contributed by atoms with van der Waals surface area (Å²) in [5, 5.41) is 0. The molecule has 1 aliphatic rings. The van der Waals surface area contributed by atoms with Gasteiger partial charge in [0, 0.05) is 12.6 Å². The van der Waals surface area contributed by atoms with Crippen LogP contribution in [0, 0.1) is 0 Å². The first kappa shape index (κ1) is 11.3. The monoisotopic (exact) mass is 235 g/mol. The maximum absolute atomic E-state index is 5.52. The van der Waals surface area contributed by atoms with E-state index in [4.69, 9.17) is 18.0 Å². The largest absolute Gasteiger partial charge is 0.388 e. The van der Waals surface area contributed by atoms with Gasteiger partial charge in [-0.25, -0.2) is 0 Å². The number of nitrogens with two attached hydrogens (primary N) is 1. The minimum Gasteiger partial charge on any atom is -0.388 e. The van der Waals surface area contributed by atoms with Crippen LogP contribution in [0.1, 0.15) is 31.9 Å². The average molecular weight is 235 g/mol. The highest BCUT2D eigenvalue weighted by Gasteiger charge is 2.18. The second kappa shape index (κ2) is 4.78. The molecular weight excluding hydrogens is 218 g/mol. The van der Waals surface area contributed by atoms with E-state index >= 15 is 0 Å². The number of nitrogens with zero attached hydrogens (tertiary/aromatic N) is 2. The molecule has 1 saturated heterocycles. The number of rotatable bonds is 2. The molecule has 2 rings (SSSR count). The summed E-state index contributed by atoms with van der Waals surface area (Å²) in [4.78, 5) is 7.04. The molecular formula is C12H17N3S. The van der Waals surface area contributed by atoms with Gasteiger partial charge in [0.2, 0.25) is 0 Å². The van der Waals surface area contributed by atoms with Gasteiger partial charge in [0.05, 0.1) is 17.6 Å². The highest BCUT2D eigenvalue weighted by molar-refractivity contribution is 7.80. The molecule has 3 nitrogen and oxygen atoms in total. The normalized spacial score (nSPS) is 20.8. The molecule has 1 atom stereocenters. The van der Waals surface area contributed by atoms with Crippen molar-refractivity contribution in [1.29, 1.82) is 0 Å². The van der Waals surface area contributed by atoms with Crippen molar-refractivity contribution in [1.82, 2.24) is 4.98 Å². The molecule has 1 unspecified atom stereocenters. The van der Waals surface area contributed by atoms with Crippen LogP contribution in [0.5, 0.6) is 0 Å². The molecule has 1 fully saturated rings. The van der Waals surface area contributed by atoms with Gasteiger partial charge in [0.15, 0.2) is 0 Å². The third kappa shape index (κ3) is 2.32. The summed E-state index contributed by atoms with van der Waals surface area (Å²) in [7, 11) is 0. The molecule has 86 valence electrons. The average Bonchev–Trinajstić information content (AvgIpc) is 2.30. The standard InChI is InChI=1S/C12H17N3S/c1-9-4-2-3-7-15(9)10-5-6-11(12(13)16)14-8-10/h5-6,8-9H,2-4,7H2,1H3,(H2,13,16). The van der Waals surface area contributed by atoms with Crippen LogP contribution >= 0.6 is 12.2 Å². The Kier molecular flexibility index (Phi) is 3.39. The lowest BCUT2D eigenvalue weighted by molar-refractivity contribution is 0.484. The fraction of sp³-hybridized carbons (Fsp3) is 0.500. The number of aromatic nitrogens is 1. The van der Waals surface area contributed by atoms with E-state index in [0.29, 0.717) is 16.7 Å². The van der Waals surface area contributed by atoms with Gasteiger partial charge in [-0.05, 0) is 38.3 Å². The van der Waals surface area contributed by atoms with Gasteiger partial charge in [0.1, 0.15) is 4.99 Å². The second-order valence-corrected chi connectivity index (χ2v) is 4.74. The first-order valence-electron chi connectivity index (χ1n) is 5.71. The molecule has 0 radical (unpaired) electrons. The van der Waals surface area contributed by atoms with Crippen LogP contribution in [0.25, 0.3) is 0 Å². The summed E-state index contributed by atoms with van der Waals surface area (Å²) in [6.45, 7) is 3.38. The molecule has 0 spiro atoms. The van der Waals surface area contributed by atoms with Crippen molar-refractivity contribution in [2.24, 2.45) is 5.73 Å². The predicted molar refractivity (Wildman–Crippen MR) is 70.8 cm³/mol. The fourth-order valence-corrected chi connectivity index (χ4v) is 2.30. The molecule has 0 bridgehead atoms. The number of anilines is 1. The maximum atomic E-state index is 5.52. The Hall–Kier alpha value is -1.16. The van der Waals surface area contributed by atoms with Crippen molar-refractivity contribution in [2.75, 3.05) is 11.4 Å². The van der Waals surface area contributed by atoms with Crippen molar-refractivity contribution in [3.8, 4) is 0 Å². The molecule has 0 aliphatic carbocycles. The lowest BCUT2D eigenvalue weighted by Gasteiger charge is -2.35. The third-order valence-corrected chi connectivity index (χ3v) is 3.34. The quantitative estimate of drug-likeness (QED) is 0.797. The Morgan fingerprint density at radius 2 is 2.31 bits per heavy atom. The molecule has 0 saturated carbocycles. The zero-order chi connectivity index (χ0) is 11.5. The van der Waals surface area contributed by atoms with Gasteiger partial charge in [-0.15, -0.1) is 0 Å². The first-order chi connectivity index (χ1) is 7.68. The minimum atomic E-state index is 0.359. The van der Waals surface area contributed by atoms with Gasteiger partial charge in [-0.1, -0.05) is 12.2 Å². The first-order valence-corrected chi connectivity index (χ1v) is 6.12. The Bertz CT molecular complexity index is 374. The Morgan fingerprint density at radius 1 is 1.50 bits per heavy atom. The zero-order valence-corrected chi connectivity index (χ0v) is 10.3. The fourth-order valence-electron chi connectivity index (χ4n) is 2.18. The molecule has 16 heavy (non-hydrogen) atoms. The van der Waals surface area contributed by atoms with Crippen LogP contribution in [0.3, 0.4) is 0 Å². The number of thiocarbonyl (C=S) groups is 1. The lowest BCUT2D eigenvalue weighted by atomic mass is 10.0. The van der Waals surface area contributed by atoms with Crippen molar-refractivity contribution < 1.29 is 0 Å². The SMILES string of the molecule is CC1CCCCN1c1ccc(C(N)=S)nc1. The van der Waals surface area contributed by atoms with E-state index in [1.807, 2.05) is 12.3 Å². The van der Waals surface area contributed by atoms with Crippen LogP contribution in [0.4, 0.5) is 5.69 Å². The number of pyridine rings is 1. The molecule has 2 N–H and O–H groups in total. The van der Waals surface area contributed by atoms with Crippen LogP contribution in [-0.4, -0.2) is 22.6 Å². The summed E-state index contributed by atoms with van der Waals surface area (Å²) in [6.07, 6.45) is 5.73. The van der Waals surface area contributed by atoms with Gasteiger partial charge in [-0.2, -0.15) is 0 Å². The second-order valence-electron chi connectivity index (χ2n) is 4.30. The highest BCUT2D eigenvalue weighted by Crippen LogP contribution is 2.23. The van der Waals surface area contributed by atoms with Crippen molar-refractivity contribution in [3.05, 3.63) is 24.0 Å². The van der Waals surface area contributed by atoms with Crippen molar-refractivity contribution in [2.45, 2.75) is 32.2 Å². The molecule has 2 heterocycles. The van der Waals surface area contributed by atoms with E-state index in [2.05, 4.69) is 22.9 Å². The van der Waals surface area contributed by atoms with Gasteiger partial charge in [0.25, 0.3) is 0 Å². The molecule has 4 heteroatoms. The van der Waals surface area contributed by atoms with Crippen molar-refractivity contribution in [3.63, 3.8) is 0 Å². The van der Waals surface area contributed by atoms with Crippen LogP contribution in [0.2, 0.25) is 0 Å². The number of piperidine rings is 1. The number of hydrogen-bond acceptors (Lipinski definition) is 3. The van der Waals surface area contributed by atoms with E-state index < -0.39 is 0 Å². The van der Waals surface area contributed by atoms with Gasteiger partial charge >= 0.3 is 0 Å². The lowest BCUT2D eigenvalue weighted by Crippen LogP contribution is -2.37. The van der Waals surface area contributed by atoms with Crippen LogP contribution in [-0.2, 0) is 0 Å². The summed E-state index contributed by atoms with van der Waals surface area (Å²) < 4.78 is 0. The molecule has 1 aliphatic heterocycles. The van der Waals surface area contributed by atoms with Gasteiger partial charge < -0.3 is 10.6 Å². The molecule has 0 amide bonds. The van der Waals surface area contributed by atoms with Crippen LogP contribution < -0.4 is 10.6 Å². The highest BCUT2D eigenvalue weighted by atomic mass is 32.1. The Balaban J connectivity index is 2.17. The van der Waals surface area contributed by atoms with E-state index in [1.54, 1.807) is 0 Å². The van der Waals surface area contributed by atoms with E-state index in [1.165, 1.54) is 24.9 Å². The summed E-state index contributed by atoms with van der Waals surface area (Å²) in [6, 6.07) is 4.56. The van der Waals surface area contributed by atoms with Crippen molar-refractivity contribution >= 4 is 22.9 Å². The summed E-state index contributed by atoms with van der Waals surface area (Å²) in [5.74, 6) is 0. The summed E-state index contributed by atoms with van der Waals surface area (Å²) >= 11 is 4.89.